The van der Waals surface area contributed by atoms with Crippen LogP contribution in [0.4, 0.5) is 5.95 Å². The molecule has 3 aromatic rings. The molecule has 0 saturated carbocycles. The van der Waals surface area contributed by atoms with Gasteiger partial charge in [-0.25, -0.2) is 4.98 Å². The van der Waals surface area contributed by atoms with E-state index < -0.39 is 0 Å². The quantitative estimate of drug-likeness (QED) is 0.805. The molecule has 3 rings (SSSR count). The zero-order valence-electron chi connectivity index (χ0n) is 12.2. The second-order valence-electron chi connectivity index (χ2n) is 5.23. The van der Waals surface area contributed by atoms with Crippen LogP contribution in [0.1, 0.15) is 17.8 Å². The van der Waals surface area contributed by atoms with Gasteiger partial charge in [-0.3, -0.25) is 4.68 Å². The highest BCUT2D eigenvalue weighted by molar-refractivity contribution is 6.35. The average Bonchev–Trinajstić information content (AvgIpc) is 2.91. The first-order valence-electron chi connectivity index (χ1n) is 6.97. The molecular formula is C15H18ClN5. The Morgan fingerprint density at radius 2 is 2.05 bits per heavy atom. The lowest BCUT2D eigenvalue weighted by molar-refractivity contribution is 0.523. The monoisotopic (exact) mass is 303 g/mol. The standard InChI is InChI=1S/C15H18ClN5/c1-10-9-11(2)21(19-10)8-4-7-20-14-12(16)5-3-6-13(14)18-15(20)17/h3,5-6,9H,4,7-8H2,1-2H3,(H2,17,18). The van der Waals surface area contributed by atoms with E-state index in [1.54, 1.807) is 0 Å². The number of fused-ring (bicyclic) bond motifs is 1. The number of nitrogens with zero attached hydrogens (tertiary/aromatic N) is 4. The summed E-state index contributed by atoms with van der Waals surface area (Å²) in [4.78, 5) is 4.36. The van der Waals surface area contributed by atoms with Crippen LogP contribution in [0.15, 0.2) is 24.3 Å². The second kappa shape index (κ2) is 5.41. The van der Waals surface area contributed by atoms with Crippen LogP contribution in [0.25, 0.3) is 11.0 Å². The molecule has 0 aliphatic rings. The van der Waals surface area contributed by atoms with Gasteiger partial charge in [0.1, 0.15) is 0 Å². The van der Waals surface area contributed by atoms with Crippen LogP contribution in [0.3, 0.4) is 0 Å². The summed E-state index contributed by atoms with van der Waals surface area (Å²) in [5.74, 6) is 0.506. The highest BCUT2D eigenvalue weighted by Crippen LogP contribution is 2.25. The van der Waals surface area contributed by atoms with Crippen molar-refractivity contribution in [3.05, 3.63) is 40.7 Å². The first kappa shape index (κ1) is 13.9. The summed E-state index contributed by atoms with van der Waals surface area (Å²) in [7, 11) is 0. The number of aryl methyl sites for hydroxylation is 4. The van der Waals surface area contributed by atoms with E-state index in [4.69, 9.17) is 17.3 Å². The van der Waals surface area contributed by atoms with Crippen LogP contribution in [0.5, 0.6) is 0 Å². The van der Waals surface area contributed by atoms with Gasteiger partial charge in [-0.1, -0.05) is 17.7 Å². The Morgan fingerprint density at radius 1 is 1.24 bits per heavy atom. The number of hydrogen-bond donors (Lipinski definition) is 1. The molecule has 2 aromatic heterocycles. The van der Waals surface area contributed by atoms with Gasteiger partial charge in [-0.2, -0.15) is 5.10 Å². The van der Waals surface area contributed by atoms with Crippen LogP contribution in [-0.2, 0) is 13.1 Å². The fourth-order valence-corrected chi connectivity index (χ4v) is 2.94. The van der Waals surface area contributed by atoms with Crippen molar-refractivity contribution in [3.63, 3.8) is 0 Å². The zero-order valence-corrected chi connectivity index (χ0v) is 12.9. The van der Waals surface area contributed by atoms with Crippen molar-refractivity contribution in [2.45, 2.75) is 33.4 Å². The molecule has 0 amide bonds. The Hall–Kier alpha value is -2.01. The lowest BCUT2D eigenvalue weighted by Crippen LogP contribution is -2.09. The molecule has 0 aliphatic carbocycles. The van der Waals surface area contributed by atoms with Gasteiger partial charge in [0.05, 0.1) is 21.7 Å². The number of para-hydroxylation sites is 1. The molecule has 2 heterocycles. The predicted molar refractivity (Wildman–Crippen MR) is 85.5 cm³/mol. The minimum absolute atomic E-state index is 0.506. The van der Waals surface area contributed by atoms with E-state index in [2.05, 4.69) is 23.1 Å². The summed E-state index contributed by atoms with van der Waals surface area (Å²) in [5, 5.41) is 5.15. The third kappa shape index (κ3) is 2.61. The molecule has 0 saturated heterocycles. The van der Waals surface area contributed by atoms with Crippen molar-refractivity contribution in [3.8, 4) is 0 Å². The largest absolute Gasteiger partial charge is 0.369 e. The molecule has 6 heteroatoms. The van der Waals surface area contributed by atoms with Gasteiger partial charge in [0.2, 0.25) is 5.95 Å². The number of nitrogens with two attached hydrogens (primary N) is 1. The van der Waals surface area contributed by atoms with Gasteiger partial charge in [-0.15, -0.1) is 0 Å². The molecular weight excluding hydrogens is 286 g/mol. The number of benzene rings is 1. The number of imidazole rings is 1. The Balaban J connectivity index is 1.79. The SMILES string of the molecule is Cc1cc(C)n(CCCn2c(N)nc3cccc(Cl)c32)n1. The number of aromatic nitrogens is 4. The lowest BCUT2D eigenvalue weighted by Gasteiger charge is -2.08. The van der Waals surface area contributed by atoms with Crippen molar-refractivity contribution in [1.82, 2.24) is 19.3 Å². The molecule has 0 unspecified atom stereocenters. The topological polar surface area (TPSA) is 61.7 Å². The van der Waals surface area contributed by atoms with Gasteiger partial charge < -0.3 is 10.3 Å². The molecule has 0 bridgehead atoms. The molecule has 0 aliphatic heterocycles. The minimum Gasteiger partial charge on any atom is -0.369 e. The van der Waals surface area contributed by atoms with Crippen molar-refractivity contribution >= 4 is 28.6 Å². The van der Waals surface area contributed by atoms with E-state index in [9.17, 15) is 0 Å². The molecule has 0 fully saturated rings. The maximum absolute atomic E-state index is 6.27. The van der Waals surface area contributed by atoms with Crippen molar-refractivity contribution in [2.24, 2.45) is 0 Å². The Kier molecular flexibility index (Phi) is 3.59. The molecule has 0 atom stereocenters. The highest BCUT2D eigenvalue weighted by atomic mass is 35.5. The summed E-state index contributed by atoms with van der Waals surface area (Å²) < 4.78 is 4.00. The molecule has 5 nitrogen and oxygen atoms in total. The number of hydrogen-bond acceptors (Lipinski definition) is 3. The average molecular weight is 304 g/mol. The van der Waals surface area contributed by atoms with Gasteiger partial charge in [0.25, 0.3) is 0 Å². The van der Waals surface area contributed by atoms with Gasteiger partial charge in [-0.05, 0) is 38.5 Å². The van der Waals surface area contributed by atoms with E-state index in [0.717, 1.165) is 36.2 Å². The molecule has 21 heavy (non-hydrogen) atoms. The van der Waals surface area contributed by atoms with Gasteiger partial charge in [0.15, 0.2) is 0 Å². The molecule has 1 aromatic carbocycles. The Bertz CT molecular complexity index is 787. The zero-order chi connectivity index (χ0) is 15.0. The van der Waals surface area contributed by atoms with Crippen molar-refractivity contribution in [1.29, 1.82) is 0 Å². The van der Waals surface area contributed by atoms with Crippen LogP contribution in [0.2, 0.25) is 5.02 Å². The molecule has 0 radical (unpaired) electrons. The number of rotatable bonds is 4. The van der Waals surface area contributed by atoms with Gasteiger partial charge in [0, 0.05) is 18.8 Å². The van der Waals surface area contributed by atoms with E-state index in [-0.39, 0.29) is 0 Å². The number of halogens is 1. The minimum atomic E-state index is 0.506. The first-order valence-corrected chi connectivity index (χ1v) is 7.35. The van der Waals surface area contributed by atoms with Gasteiger partial charge >= 0.3 is 0 Å². The van der Waals surface area contributed by atoms with Crippen LogP contribution < -0.4 is 5.73 Å². The lowest BCUT2D eigenvalue weighted by atomic mass is 10.3. The van der Waals surface area contributed by atoms with E-state index in [1.807, 2.05) is 34.4 Å². The van der Waals surface area contributed by atoms with Crippen molar-refractivity contribution in [2.75, 3.05) is 5.73 Å². The number of anilines is 1. The predicted octanol–water partition coefficient (Wildman–Crippen LogP) is 3.18. The Labute approximate surface area is 128 Å². The van der Waals surface area contributed by atoms with Crippen LogP contribution >= 0.6 is 11.6 Å². The second-order valence-corrected chi connectivity index (χ2v) is 5.64. The first-order chi connectivity index (χ1) is 10.1. The third-order valence-corrected chi connectivity index (χ3v) is 3.91. The summed E-state index contributed by atoms with van der Waals surface area (Å²) in [6, 6.07) is 7.76. The fourth-order valence-electron chi connectivity index (χ4n) is 2.67. The third-order valence-electron chi connectivity index (χ3n) is 3.60. The molecule has 2 N–H and O–H groups in total. The summed E-state index contributed by atoms with van der Waals surface area (Å²) in [5.41, 5.74) is 9.97. The van der Waals surface area contributed by atoms with E-state index in [1.165, 1.54) is 5.69 Å². The van der Waals surface area contributed by atoms with Crippen LogP contribution in [-0.4, -0.2) is 19.3 Å². The van der Waals surface area contributed by atoms with E-state index >= 15 is 0 Å². The maximum Gasteiger partial charge on any atom is 0.201 e. The summed E-state index contributed by atoms with van der Waals surface area (Å²) >= 11 is 6.27. The highest BCUT2D eigenvalue weighted by Gasteiger charge is 2.11. The van der Waals surface area contributed by atoms with E-state index in [0.29, 0.717) is 11.0 Å². The Morgan fingerprint density at radius 3 is 2.76 bits per heavy atom. The summed E-state index contributed by atoms with van der Waals surface area (Å²) in [6.07, 6.45) is 0.919. The molecule has 110 valence electrons. The fraction of sp³-hybridized carbons (Fsp3) is 0.333. The normalized spacial score (nSPS) is 11.4. The summed E-state index contributed by atoms with van der Waals surface area (Å²) in [6.45, 7) is 5.69. The molecule has 0 spiro atoms. The van der Waals surface area contributed by atoms with Crippen LogP contribution in [0, 0.1) is 13.8 Å². The maximum atomic E-state index is 6.27. The number of nitrogen functional groups attached to an aromatic ring is 1. The smallest absolute Gasteiger partial charge is 0.201 e. The van der Waals surface area contributed by atoms with Crippen molar-refractivity contribution < 1.29 is 0 Å².